The van der Waals surface area contributed by atoms with Crippen LogP contribution in [0.1, 0.15) is 78.6 Å². The van der Waals surface area contributed by atoms with Gasteiger partial charge in [-0.15, -0.1) is 0 Å². The maximum absolute atomic E-state index is 12.5. The Balaban J connectivity index is 0.977. The summed E-state index contributed by atoms with van der Waals surface area (Å²) < 4.78 is 28.8. The lowest BCUT2D eigenvalue weighted by Crippen LogP contribution is -2.64. The third-order valence-corrected chi connectivity index (χ3v) is 14.2. The van der Waals surface area contributed by atoms with Crippen LogP contribution in [0.4, 0.5) is 0 Å². The van der Waals surface area contributed by atoms with Crippen molar-refractivity contribution in [1.29, 1.82) is 0 Å². The fourth-order valence-corrected chi connectivity index (χ4v) is 11.3. The van der Waals surface area contributed by atoms with Crippen LogP contribution in [0.5, 0.6) is 0 Å². The molecule has 0 bridgehead atoms. The predicted molar refractivity (Wildman–Crippen MR) is 166 cm³/mol. The Morgan fingerprint density at radius 2 is 1.56 bits per heavy atom. The fraction of sp³-hybridized carbons (Fsp3) is 0.914. The van der Waals surface area contributed by atoms with E-state index in [-0.39, 0.29) is 34.7 Å². The van der Waals surface area contributed by atoms with E-state index in [4.69, 9.17) is 23.7 Å². The highest BCUT2D eigenvalue weighted by Crippen LogP contribution is 2.70. The molecule has 48 heavy (non-hydrogen) atoms. The minimum atomic E-state index is -1.65. The van der Waals surface area contributed by atoms with E-state index in [1.165, 1.54) is 0 Å². The zero-order valence-corrected chi connectivity index (χ0v) is 28.1. The first kappa shape index (κ1) is 35.2. The van der Waals surface area contributed by atoms with Crippen molar-refractivity contribution in [1.82, 2.24) is 0 Å². The molecule has 0 radical (unpaired) electrons. The van der Waals surface area contributed by atoms with Crippen LogP contribution in [-0.2, 0) is 28.5 Å². The summed E-state index contributed by atoms with van der Waals surface area (Å²) in [4.78, 5) is 11.9. The van der Waals surface area contributed by atoms with E-state index in [0.717, 1.165) is 63.4 Å². The quantitative estimate of drug-likeness (QED) is 0.149. The Kier molecular flexibility index (Phi) is 9.36. The van der Waals surface area contributed by atoms with Crippen LogP contribution in [0, 0.1) is 34.5 Å². The zero-order chi connectivity index (χ0) is 34.3. The molecule has 3 heterocycles. The second-order valence-corrected chi connectivity index (χ2v) is 16.3. The van der Waals surface area contributed by atoms with Crippen molar-refractivity contribution in [2.24, 2.45) is 34.5 Å². The summed E-state index contributed by atoms with van der Waals surface area (Å²) in [5.74, 6) is 0.825. The van der Waals surface area contributed by atoms with Crippen LogP contribution >= 0.6 is 0 Å². The van der Waals surface area contributed by atoms with Gasteiger partial charge in [0.2, 0.25) is 0 Å². The standard InChI is InChI=1S/C35H54O13/c1-16-30(48-32-28(41)26(39)25(38)23(14-36)47-32)27(40)29(42)31(45-16)46-19-6-9-33(2)18(13-19)4-5-22-21(33)7-10-34(3)20(8-11-35(22,34)43)17-12-24(37)44-15-17/h12,16,18-23,25-32,36,38-43H,4-11,13-15H2,1-3H3/t16-,18-,19+,20+,21-,22+,23-,25-,26+,27-,28-,29+,30-,31+,32+,33-,34-,35-/m0/s1. The molecule has 18 atom stereocenters. The summed E-state index contributed by atoms with van der Waals surface area (Å²) in [6, 6.07) is 0. The molecule has 0 unspecified atom stereocenters. The van der Waals surface area contributed by atoms with Gasteiger partial charge >= 0.3 is 5.97 Å². The van der Waals surface area contributed by atoms with E-state index in [2.05, 4.69) is 13.8 Å². The lowest BCUT2D eigenvalue weighted by molar-refractivity contribution is -0.360. The van der Waals surface area contributed by atoms with Gasteiger partial charge < -0.3 is 59.4 Å². The highest BCUT2D eigenvalue weighted by atomic mass is 16.7. The smallest absolute Gasteiger partial charge is 0.331 e. The Morgan fingerprint density at radius 3 is 2.27 bits per heavy atom. The van der Waals surface area contributed by atoms with Gasteiger partial charge in [-0.2, -0.15) is 0 Å². The molecule has 0 amide bonds. The molecule has 4 saturated carbocycles. The Hall–Kier alpha value is -1.23. The first-order chi connectivity index (χ1) is 22.7. The summed E-state index contributed by atoms with van der Waals surface area (Å²) in [6.07, 6.45) is -4.12. The van der Waals surface area contributed by atoms with Gasteiger partial charge in [0.25, 0.3) is 0 Å². The number of hydrogen-bond acceptors (Lipinski definition) is 13. The van der Waals surface area contributed by atoms with Crippen LogP contribution in [0.15, 0.2) is 11.6 Å². The number of hydrogen-bond donors (Lipinski definition) is 7. The van der Waals surface area contributed by atoms with E-state index in [1.54, 1.807) is 13.0 Å². The van der Waals surface area contributed by atoms with Crippen molar-refractivity contribution in [2.75, 3.05) is 13.2 Å². The molecular formula is C35H54O13. The van der Waals surface area contributed by atoms with Gasteiger partial charge in [0.15, 0.2) is 12.6 Å². The molecule has 7 aliphatic rings. The molecule has 13 nitrogen and oxygen atoms in total. The lowest BCUT2D eigenvalue weighted by atomic mass is 9.43. The Bertz CT molecular complexity index is 1240. The van der Waals surface area contributed by atoms with Crippen molar-refractivity contribution in [2.45, 2.75) is 152 Å². The number of esters is 1. The lowest BCUT2D eigenvalue weighted by Gasteiger charge is -2.64. The minimum absolute atomic E-state index is 0.0345. The molecule has 272 valence electrons. The van der Waals surface area contributed by atoms with Crippen LogP contribution in [-0.4, -0.2) is 128 Å². The van der Waals surface area contributed by atoms with Gasteiger partial charge in [0.1, 0.15) is 49.3 Å². The second kappa shape index (κ2) is 12.8. The van der Waals surface area contributed by atoms with Crippen molar-refractivity contribution in [3.05, 3.63) is 11.6 Å². The number of ether oxygens (including phenoxy) is 5. The molecule has 0 aromatic rings. The molecule has 6 fully saturated rings. The van der Waals surface area contributed by atoms with Crippen LogP contribution in [0.3, 0.4) is 0 Å². The molecule has 7 N–H and O–H groups in total. The summed E-state index contributed by atoms with van der Waals surface area (Å²) in [7, 11) is 0. The predicted octanol–water partition coefficient (Wildman–Crippen LogP) is 0.280. The molecule has 4 aliphatic carbocycles. The summed E-state index contributed by atoms with van der Waals surface area (Å²) in [5.41, 5.74) is 0.00280. The number of rotatable bonds is 6. The fourth-order valence-electron chi connectivity index (χ4n) is 11.3. The zero-order valence-electron chi connectivity index (χ0n) is 28.1. The maximum Gasteiger partial charge on any atom is 0.331 e. The van der Waals surface area contributed by atoms with E-state index < -0.39 is 73.6 Å². The van der Waals surface area contributed by atoms with Crippen molar-refractivity contribution in [3.8, 4) is 0 Å². The van der Waals surface area contributed by atoms with E-state index in [0.29, 0.717) is 18.4 Å². The highest BCUT2D eigenvalue weighted by Gasteiger charge is 2.68. The second-order valence-electron chi connectivity index (χ2n) is 16.3. The Morgan fingerprint density at radius 1 is 0.833 bits per heavy atom. The number of cyclic esters (lactones) is 1. The highest BCUT2D eigenvalue weighted by molar-refractivity contribution is 5.85. The van der Waals surface area contributed by atoms with E-state index >= 15 is 0 Å². The molecule has 13 heteroatoms. The summed E-state index contributed by atoms with van der Waals surface area (Å²) in [5, 5.41) is 74.7. The van der Waals surface area contributed by atoms with Gasteiger partial charge in [-0.1, -0.05) is 13.8 Å². The molecule has 7 rings (SSSR count). The first-order valence-corrected chi connectivity index (χ1v) is 17.9. The number of carbonyl (C=O) groups is 1. The van der Waals surface area contributed by atoms with Gasteiger partial charge in [-0.05, 0) is 99.4 Å². The third-order valence-electron chi connectivity index (χ3n) is 14.2. The van der Waals surface area contributed by atoms with Crippen molar-refractivity contribution in [3.63, 3.8) is 0 Å². The van der Waals surface area contributed by atoms with Gasteiger partial charge in [-0.3, -0.25) is 0 Å². The molecular weight excluding hydrogens is 628 g/mol. The first-order valence-electron chi connectivity index (χ1n) is 17.9. The van der Waals surface area contributed by atoms with E-state index in [9.17, 15) is 40.5 Å². The van der Waals surface area contributed by atoms with Gasteiger partial charge in [-0.25, -0.2) is 4.79 Å². The molecule has 0 aromatic carbocycles. The summed E-state index contributed by atoms with van der Waals surface area (Å²) in [6.45, 7) is 5.97. The Labute approximate surface area is 281 Å². The average molecular weight is 683 g/mol. The molecule has 0 spiro atoms. The number of fused-ring (bicyclic) bond motifs is 5. The number of aliphatic hydroxyl groups is 7. The third kappa shape index (κ3) is 5.42. The normalized spacial score (nSPS) is 55.3. The van der Waals surface area contributed by atoms with Crippen LogP contribution < -0.4 is 0 Å². The number of carbonyl (C=O) groups excluding carboxylic acids is 1. The van der Waals surface area contributed by atoms with Gasteiger partial charge in [0, 0.05) is 11.5 Å². The summed E-state index contributed by atoms with van der Waals surface area (Å²) >= 11 is 0. The van der Waals surface area contributed by atoms with Crippen LogP contribution in [0.25, 0.3) is 0 Å². The minimum Gasteiger partial charge on any atom is -0.458 e. The van der Waals surface area contributed by atoms with Gasteiger partial charge in [0.05, 0.1) is 24.4 Å². The molecule has 0 aromatic heterocycles. The number of aliphatic hydroxyl groups excluding tert-OH is 6. The maximum atomic E-state index is 12.5. The molecule has 2 saturated heterocycles. The average Bonchev–Trinajstić information content (AvgIpc) is 3.61. The van der Waals surface area contributed by atoms with E-state index in [1.807, 2.05) is 0 Å². The van der Waals surface area contributed by atoms with Crippen molar-refractivity contribution >= 4 is 5.97 Å². The van der Waals surface area contributed by atoms with Crippen LogP contribution in [0.2, 0.25) is 0 Å². The largest absolute Gasteiger partial charge is 0.458 e. The van der Waals surface area contributed by atoms with Crippen molar-refractivity contribution < 1.29 is 64.2 Å². The topological polar surface area (TPSA) is 205 Å². The monoisotopic (exact) mass is 682 g/mol. The SMILES string of the molecule is C[C@@H]1O[C@H](O[C@@H]2CC[C@@]3(C)[C@@H](CC[C@@H]4[C@@H]3CC[C@@]3(C)[C@@H](C5=CC(=O)OC5)CC[C@]43O)C2)[C@H](O)[C@H](O)[C@H]1O[C@H]1O[C@@H](CO)[C@H](O)[C@@H](O)[C@@H]1O. The molecule has 3 aliphatic heterocycles.